The van der Waals surface area contributed by atoms with Crippen LogP contribution in [0.1, 0.15) is 19.8 Å². The zero-order chi connectivity index (χ0) is 15.7. The molecule has 5 N–H and O–H groups in total. The molecule has 0 aliphatic carbocycles. The second-order valence-corrected chi connectivity index (χ2v) is 7.76. The summed E-state index contributed by atoms with van der Waals surface area (Å²) in [6.07, 6.45) is 2.20. The lowest BCUT2D eigenvalue weighted by Gasteiger charge is -2.38. The standard InChI is InChI=1S/C14H24N4O2S/c1-14(6-8-18(2)9-7-14)10-17-11-4-3-5-12(13(11)15)21(16,19)20/h3-5,17H,6-10,15H2,1-2H3,(H2,16,19,20). The summed E-state index contributed by atoms with van der Waals surface area (Å²) in [6.45, 7) is 5.15. The summed E-state index contributed by atoms with van der Waals surface area (Å²) in [5.74, 6) is 0. The number of rotatable bonds is 4. The second kappa shape index (κ2) is 5.82. The molecule has 0 unspecified atom stereocenters. The smallest absolute Gasteiger partial charge is 0.240 e. The van der Waals surface area contributed by atoms with Crippen LogP contribution in [0.3, 0.4) is 0 Å². The number of anilines is 2. The van der Waals surface area contributed by atoms with Gasteiger partial charge in [-0.3, -0.25) is 0 Å². The third-order valence-corrected chi connectivity index (χ3v) is 5.24. The fourth-order valence-corrected chi connectivity index (χ4v) is 3.27. The van der Waals surface area contributed by atoms with E-state index >= 15 is 0 Å². The zero-order valence-corrected chi connectivity index (χ0v) is 13.4. The molecule has 1 heterocycles. The van der Waals surface area contributed by atoms with E-state index < -0.39 is 10.0 Å². The highest BCUT2D eigenvalue weighted by atomic mass is 32.2. The van der Waals surface area contributed by atoms with Gasteiger partial charge in [-0.2, -0.15) is 0 Å². The Balaban J connectivity index is 2.11. The summed E-state index contributed by atoms with van der Waals surface area (Å²) in [6, 6.07) is 4.85. The predicted molar refractivity (Wildman–Crippen MR) is 85.6 cm³/mol. The van der Waals surface area contributed by atoms with Crippen LogP contribution in [0.2, 0.25) is 0 Å². The third kappa shape index (κ3) is 3.87. The van der Waals surface area contributed by atoms with E-state index in [1.165, 1.54) is 6.07 Å². The lowest BCUT2D eigenvalue weighted by molar-refractivity contribution is 0.150. The van der Waals surface area contributed by atoms with E-state index in [0.29, 0.717) is 5.69 Å². The highest BCUT2D eigenvalue weighted by Gasteiger charge is 2.28. The lowest BCUT2D eigenvalue weighted by Crippen LogP contribution is -2.40. The van der Waals surface area contributed by atoms with Crippen molar-refractivity contribution in [2.75, 3.05) is 37.7 Å². The van der Waals surface area contributed by atoms with Crippen molar-refractivity contribution in [3.05, 3.63) is 18.2 Å². The minimum Gasteiger partial charge on any atom is -0.396 e. The molecule has 1 aliphatic rings. The van der Waals surface area contributed by atoms with Crippen molar-refractivity contribution in [2.45, 2.75) is 24.7 Å². The maximum absolute atomic E-state index is 11.5. The normalized spacial score (nSPS) is 19.4. The highest BCUT2D eigenvalue weighted by molar-refractivity contribution is 7.89. The Morgan fingerprint density at radius 3 is 2.52 bits per heavy atom. The molecule has 0 spiro atoms. The van der Waals surface area contributed by atoms with Crippen LogP contribution in [0.15, 0.2) is 23.1 Å². The van der Waals surface area contributed by atoms with Crippen molar-refractivity contribution in [1.29, 1.82) is 0 Å². The molecule has 0 aromatic heterocycles. The molecule has 0 amide bonds. The largest absolute Gasteiger partial charge is 0.396 e. The third-order valence-electron chi connectivity index (χ3n) is 4.27. The number of likely N-dealkylation sites (tertiary alicyclic amines) is 1. The Morgan fingerprint density at radius 2 is 1.95 bits per heavy atom. The van der Waals surface area contributed by atoms with Crippen LogP contribution in [-0.2, 0) is 10.0 Å². The number of para-hydroxylation sites is 1. The van der Waals surface area contributed by atoms with E-state index in [9.17, 15) is 8.42 Å². The van der Waals surface area contributed by atoms with E-state index in [1.807, 2.05) is 0 Å². The monoisotopic (exact) mass is 312 g/mol. The number of nitrogen functional groups attached to an aromatic ring is 1. The first-order chi connectivity index (χ1) is 9.71. The Labute approximate surface area is 126 Å². The minimum absolute atomic E-state index is 0.0268. The molecule has 1 aliphatic heterocycles. The van der Waals surface area contributed by atoms with Gasteiger partial charge in [-0.25, -0.2) is 13.6 Å². The number of hydrogen-bond acceptors (Lipinski definition) is 5. The van der Waals surface area contributed by atoms with Gasteiger partial charge in [0.1, 0.15) is 4.90 Å². The van der Waals surface area contributed by atoms with Crippen LogP contribution >= 0.6 is 0 Å². The summed E-state index contributed by atoms with van der Waals surface area (Å²) in [7, 11) is -1.67. The quantitative estimate of drug-likeness (QED) is 0.722. The second-order valence-electron chi connectivity index (χ2n) is 6.23. The van der Waals surface area contributed by atoms with Gasteiger partial charge >= 0.3 is 0 Å². The van der Waals surface area contributed by atoms with Crippen molar-refractivity contribution < 1.29 is 8.42 Å². The SMILES string of the molecule is CN1CCC(C)(CNc2cccc(S(N)(=O)=O)c2N)CC1. The molecular weight excluding hydrogens is 288 g/mol. The number of nitrogens with two attached hydrogens (primary N) is 2. The Morgan fingerprint density at radius 1 is 1.33 bits per heavy atom. The molecule has 0 saturated carbocycles. The number of primary sulfonamides is 1. The van der Waals surface area contributed by atoms with Crippen LogP contribution in [0.4, 0.5) is 11.4 Å². The molecule has 6 nitrogen and oxygen atoms in total. The van der Waals surface area contributed by atoms with Crippen LogP contribution in [0.5, 0.6) is 0 Å². The van der Waals surface area contributed by atoms with Crippen LogP contribution in [0, 0.1) is 5.41 Å². The minimum atomic E-state index is -3.79. The van der Waals surface area contributed by atoms with Crippen LogP contribution < -0.4 is 16.2 Å². The Bertz CT molecular complexity index is 607. The van der Waals surface area contributed by atoms with Crippen molar-refractivity contribution in [3.8, 4) is 0 Å². The number of sulfonamides is 1. The van der Waals surface area contributed by atoms with E-state index in [-0.39, 0.29) is 16.0 Å². The Hall–Kier alpha value is -1.31. The maximum Gasteiger partial charge on any atom is 0.240 e. The van der Waals surface area contributed by atoms with Gasteiger partial charge in [0.05, 0.1) is 11.4 Å². The first-order valence-corrected chi connectivity index (χ1v) is 8.60. The fraction of sp³-hybridized carbons (Fsp3) is 0.571. The molecule has 118 valence electrons. The van der Waals surface area contributed by atoms with E-state index in [2.05, 4.69) is 24.2 Å². The van der Waals surface area contributed by atoms with Crippen molar-refractivity contribution in [3.63, 3.8) is 0 Å². The lowest BCUT2D eigenvalue weighted by atomic mass is 9.80. The predicted octanol–water partition coefficient (Wildman–Crippen LogP) is 1.06. The van der Waals surface area contributed by atoms with Gasteiger partial charge in [0.15, 0.2) is 0 Å². The molecule has 1 aromatic carbocycles. The first-order valence-electron chi connectivity index (χ1n) is 7.05. The van der Waals surface area contributed by atoms with Gasteiger partial charge in [-0.05, 0) is 50.5 Å². The first kappa shape index (κ1) is 16.1. The molecule has 0 bridgehead atoms. The number of piperidine rings is 1. The van der Waals surface area contributed by atoms with Crippen LogP contribution in [-0.4, -0.2) is 40.0 Å². The average Bonchev–Trinajstić information content (AvgIpc) is 2.40. The van der Waals surface area contributed by atoms with E-state index in [0.717, 1.165) is 32.5 Å². The zero-order valence-electron chi connectivity index (χ0n) is 12.6. The molecule has 7 heteroatoms. The fourth-order valence-electron chi connectivity index (χ4n) is 2.59. The Kier molecular flexibility index (Phi) is 4.46. The molecule has 0 radical (unpaired) electrons. The number of hydrogen-bond donors (Lipinski definition) is 3. The van der Waals surface area contributed by atoms with Crippen molar-refractivity contribution in [2.24, 2.45) is 10.6 Å². The average molecular weight is 312 g/mol. The van der Waals surface area contributed by atoms with Crippen molar-refractivity contribution >= 4 is 21.4 Å². The molecule has 1 aromatic rings. The molecule has 1 fully saturated rings. The van der Waals surface area contributed by atoms with Gasteiger partial charge in [0, 0.05) is 6.54 Å². The topological polar surface area (TPSA) is 101 Å². The molecule has 21 heavy (non-hydrogen) atoms. The summed E-state index contributed by atoms with van der Waals surface area (Å²) in [4.78, 5) is 2.29. The summed E-state index contributed by atoms with van der Waals surface area (Å²) < 4.78 is 23.0. The number of nitrogens with one attached hydrogen (secondary N) is 1. The van der Waals surface area contributed by atoms with Gasteiger partial charge in [0.25, 0.3) is 0 Å². The molecule has 2 rings (SSSR count). The summed E-state index contributed by atoms with van der Waals surface area (Å²) >= 11 is 0. The number of nitrogens with zero attached hydrogens (tertiary/aromatic N) is 1. The van der Waals surface area contributed by atoms with Gasteiger partial charge < -0.3 is 16.0 Å². The highest BCUT2D eigenvalue weighted by Crippen LogP contribution is 2.32. The van der Waals surface area contributed by atoms with Gasteiger partial charge in [-0.1, -0.05) is 13.0 Å². The van der Waals surface area contributed by atoms with E-state index in [1.54, 1.807) is 12.1 Å². The van der Waals surface area contributed by atoms with E-state index in [4.69, 9.17) is 10.9 Å². The number of benzene rings is 1. The maximum atomic E-state index is 11.5. The van der Waals surface area contributed by atoms with Crippen LogP contribution in [0.25, 0.3) is 0 Å². The van der Waals surface area contributed by atoms with Gasteiger partial charge in [0.2, 0.25) is 10.0 Å². The molecule has 1 saturated heterocycles. The van der Waals surface area contributed by atoms with Gasteiger partial charge in [-0.15, -0.1) is 0 Å². The molecule has 0 atom stereocenters. The summed E-state index contributed by atoms with van der Waals surface area (Å²) in [5.41, 5.74) is 6.93. The van der Waals surface area contributed by atoms with Crippen molar-refractivity contribution in [1.82, 2.24) is 4.90 Å². The molecular formula is C14H24N4O2S. The summed E-state index contributed by atoms with van der Waals surface area (Å²) in [5, 5.41) is 8.45.